The van der Waals surface area contributed by atoms with Crippen LogP contribution in [-0.4, -0.2) is 19.2 Å². The summed E-state index contributed by atoms with van der Waals surface area (Å²) in [5.41, 5.74) is 3.73. The summed E-state index contributed by atoms with van der Waals surface area (Å²) < 4.78 is 10.7. The molecule has 3 nitrogen and oxygen atoms in total. The first-order chi connectivity index (χ1) is 10.2. The van der Waals surface area contributed by atoms with Gasteiger partial charge in [-0.1, -0.05) is 18.7 Å². The van der Waals surface area contributed by atoms with Gasteiger partial charge in [0, 0.05) is 5.56 Å². The van der Waals surface area contributed by atoms with Crippen LogP contribution in [0, 0.1) is 6.92 Å². The highest BCUT2D eigenvalue weighted by atomic mass is 16.5. The van der Waals surface area contributed by atoms with Crippen molar-refractivity contribution in [2.45, 2.75) is 6.92 Å². The van der Waals surface area contributed by atoms with Gasteiger partial charge in [0.2, 0.25) is 0 Å². The maximum Gasteiger partial charge on any atom is 0.126 e. The number of hydrogen-bond acceptors (Lipinski definition) is 3. The highest BCUT2D eigenvalue weighted by Crippen LogP contribution is 2.30. The number of rotatable bonds is 5. The van der Waals surface area contributed by atoms with E-state index in [2.05, 4.69) is 11.6 Å². The summed E-state index contributed by atoms with van der Waals surface area (Å²) in [5, 5.41) is 0. The van der Waals surface area contributed by atoms with E-state index in [9.17, 15) is 0 Å². The zero-order valence-corrected chi connectivity index (χ0v) is 12.6. The number of methoxy groups -OCH3 is 2. The third-order valence-electron chi connectivity index (χ3n) is 3.22. The van der Waals surface area contributed by atoms with Gasteiger partial charge in [0.25, 0.3) is 0 Å². The number of pyridine rings is 1. The van der Waals surface area contributed by atoms with Crippen molar-refractivity contribution in [2.24, 2.45) is 0 Å². The molecule has 0 bridgehead atoms. The van der Waals surface area contributed by atoms with Crippen molar-refractivity contribution in [2.75, 3.05) is 14.2 Å². The number of hydrogen-bond donors (Lipinski definition) is 0. The Bertz CT molecular complexity index is 650. The van der Waals surface area contributed by atoms with Crippen molar-refractivity contribution >= 4 is 18.2 Å². The molecule has 1 aromatic carbocycles. The lowest BCUT2D eigenvalue weighted by Gasteiger charge is -2.10. The Balaban J connectivity index is 2.33. The maximum atomic E-state index is 5.37. The molecule has 0 amide bonds. The normalized spacial score (nSPS) is 10.6. The molecule has 0 unspecified atom stereocenters. The molecule has 108 valence electrons. The molecule has 0 atom stereocenters. The molecule has 0 fully saturated rings. The van der Waals surface area contributed by atoms with Crippen LogP contribution < -0.4 is 9.47 Å². The van der Waals surface area contributed by atoms with Gasteiger partial charge >= 0.3 is 0 Å². The molecule has 1 heterocycles. The summed E-state index contributed by atoms with van der Waals surface area (Å²) >= 11 is 0. The van der Waals surface area contributed by atoms with Crippen molar-refractivity contribution in [3.63, 3.8) is 0 Å². The fourth-order valence-corrected chi connectivity index (χ4v) is 2.06. The lowest BCUT2D eigenvalue weighted by molar-refractivity contribution is 0.388. The molecule has 0 radical (unpaired) electrons. The van der Waals surface area contributed by atoms with Crippen molar-refractivity contribution in [3.8, 4) is 11.5 Å². The van der Waals surface area contributed by atoms with Gasteiger partial charge in [0.1, 0.15) is 11.5 Å². The van der Waals surface area contributed by atoms with Crippen molar-refractivity contribution in [1.82, 2.24) is 4.98 Å². The molecule has 0 saturated carbocycles. The summed E-state index contributed by atoms with van der Waals surface area (Å²) in [7, 11) is 3.31. The van der Waals surface area contributed by atoms with Gasteiger partial charge in [-0.3, -0.25) is 0 Å². The third kappa shape index (κ3) is 3.51. The molecule has 0 aliphatic heterocycles. The fourth-order valence-electron chi connectivity index (χ4n) is 2.06. The SMILES string of the molecule is C=Cc1cccc(C=Cc2cc(OC)c(C)c(OC)c2)n1. The molecule has 2 rings (SSSR count). The van der Waals surface area contributed by atoms with Gasteiger partial charge in [-0.2, -0.15) is 0 Å². The Hall–Kier alpha value is -2.55. The molecule has 2 aromatic rings. The Morgan fingerprint density at radius 3 is 2.19 bits per heavy atom. The number of benzene rings is 1. The van der Waals surface area contributed by atoms with Gasteiger partial charge < -0.3 is 9.47 Å². The van der Waals surface area contributed by atoms with E-state index in [0.29, 0.717) is 0 Å². The molecule has 1 aromatic heterocycles. The van der Waals surface area contributed by atoms with Crippen LogP contribution in [0.1, 0.15) is 22.5 Å². The largest absolute Gasteiger partial charge is 0.496 e. The van der Waals surface area contributed by atoms with Gasteiger partial charge in [0.05, 0.1) is 25.6 Å². The first-order valence-electron chi connectivity index (χ1n) is 6.68. The molecular formula is C18H19NO2. The molecule has 0 saturated heterocycles. The van der Waals surface area contributed by atoms with Crippen LogP contribution >= 0.6 is 0 Å². The van der Waals surface area contributed by atoms with E-state index in [-0.39, 0.29) is 0 Å². The predicted octanol–water partition coefficient (Wildman–Crippen LogP) is 4.22. The second kappa shape index (κ2) is 6.75. The highest BCUT2D eigenvalue weighted by molar-refractivity contribution is 5.70. The maximum absolute atomic E-state index is 5.37. The van der Waals surface area contributed by atoms with Crippen molar-refractivity contribution < 1.29 is 9.47 Å². The first-order valence-corrected chi connectivity index (χ1v) is 6.68. The van der Waals surface area contributed by atoms with Gasteiger partial charge in [-0.25, -0.2) is 4.98 Å². The van der Waals surface area contributed by atoms with Crippen LogP contribution in [0.15, 0.2) is 36.9 Å². The quantitative estimate of drug-likeness (QED) is 0.822. The van der Waals surface area contributed by atoms with E-state index < -0.39 is 0 Å². The minimum absolute atomic E-state index is 0.807. The summed E-state index contributed by atoms with van der Waals surface area (Å²) in [5.74, 6) is 1.61. The van der Waals surface area contributed by atoms with E-state index in [1.807, 2.05) is 49.4 Å². The van der Waals surface area contributed by atoms with Crippen LogP contribution in [0.2, 0.25) is 0 Å². The Labute approximate surface area is 125 Å². The molecule has 0 aliphatic carbocycles. The number of nitrogens with zero attached hydrogens (tertiary/aromatic N) is 1. The van der Waals surface area contributed by atoms with Crippen LogP contribution in [-0.2, 0) is 0 Å². The van der Waals surface area contributed by atoms with Crippen molar-refractivity contribution in [1.29, 1.82) is 0 Å². The van der Waals surface area contributed by atoms with E-state index in [1.54, 1.807) is 20.3 Å². The average molecular weight is 281 g/mol. The lowest BCUT2D eigenvalue weighted by Crippen LogP contribution is -1.93. The minimum Gasteiger partial charge on any atom is -0.496 e. The average Bonchev–Trinajstić information content (AvgIpc) is 2.54. The summed E-state index contributed by atoms with van der Waals surface area (Å²) in [6, 6.07) is 9.78. The van der Waals surface area contributed by atoms with E-state index >= 15 is 0 Å². The zero-order valence-electron chi connectivity index (χ0n) is 12.6. The molecule has 21 heavy (non-hydrogen) atoms. The predicted molar refractivity (Wildman–Crippen MR) is 87.5 cm³/mol. The Morgan fingerprint density at radius 1 is 1.00 bits per heavy atom. The van der Waals surface area contributed by atoms with Crippen LogP contribution in [0.3, 0.4) is 0 Å². The monoisotopic (exact) mass is 281 g/mol. The Kier molecular flexibility index (Phi) is 4.77. The molecule has 0 aliphatic rings. The van der Waals surface area contributed by atoms with Gasteiger partial charge in [-0.05, 0) is 48.9 Å². The summed E-state index contributed by atoms with van der Waals surface area (Å²) in [6.45, 7) is 5.70. The van der Waals surface area contributed by atoms with Gasteiger partial charge in [0.15, 0.2) is 0 Å². The lowest BCUT2D eigenvalue weighted by atomic mass is 10.1. The van der Waals surface area contributed by atoms with Gasteiger partial charge in [-0.15, -0.1) is 0 Å². The minimum atomic E-state index is 0.807. The highest BCUT2D eigenvalue weighted by Gasteiger charge is 2.06. The number of ether oxygens (including phenoxy) is 2. The zero-order chi connectivity index (χ0) is 15.2. The molecule has 0 N–H and O–H groups in total. The molecule has 3 heteroatoms. The van der Waals surface area contributed by atoms with Crippen LogP contribution in [0.5, 0.6) is 11.5 Å². The first kappa shape index (κ1) is 14.9. The fraction of sp³-hybridized carbons (Fsp3) is 0.167. The van der Waals surface area contributed by atoms with E-state index in [1.165, 1.54) is 0 Å². The van der Waals surface area contributed by atoms with Crippen LogP contribution in [0.4, 0.5) is 0 Å². The number of aromatic nitrogens is 1. The van der Waals surface area contributed by atoms with Crippen molar-refractivity contribution in [3.05, 3.63) is 59.4 Å². The second-order valence-electron chi connectivity index (χ2n) is 4.58. The second-order valence-corrected chi connectivity index (χ2v) is 4.58. The Morgan fingerprint density at radius 2 is 1.62 bits per heavy atom. The van der Waals surface area contributed by atoms with E-state index in [4.69, 9.17) is 9.47 Å². The summed E-state index contributed by atoms with van der Waals surface area (Å²) in [6.07, 6.45) is 5.67. The molecule has 0 spiro atoms. The van der Waals surface area contributed by atoms with Crippen LogP contribution in [0.25, 0.3) is 18.2 Å². The smallest absolute Gasteiger partial charge is 0.126 e. The van der Waals surface area contributed by atoms with E-state index in [0.717, 1.165) is 34.0 Å². The topological polar surface area (TPSA) is 31.4 Å². The third-order valence-corrected chi connectivity index (χ3v) is 3.22. The standard InChI is InChI=1S/C18H19NO2/c1-5-15-7-6-8-16(19-15)10-9-14-11-17(20-3)13(2)18(12-14)21-4/h5-12H,1H2,2-4H3. The summed E-state index contributed by atoms with van der Waals surface area (Å²) in [4.78, 5) is 4.44. The molecular weight excluding hydrogens is 262 g/mol.